The number of nitrogens with one attached hydrogen (secondary N) is 1. The number of amides is 1. The first-order valence-corrected chi connectivity index (χ1v) is 7.98. The Hall–Kier alpha value is -1.92. The number of carboxylic acid groups (broad SMARTS) is 1. The summed E-state index contributed by atoms with van der Waals surface area (Å²) in [7, 11) is 1.90. The molecule has 0 radical (unpaired) electrons. The van der Waals surface area contributed by atoms with Gasteiger partial charge in [0, 0.05) is 18.8 Å². The number of benzene rings is 1. The number of rotatable bonds is 7. The quantitative estimate of drug-likeness (QED) is 0.805. The van der Waals surface area contributed by atoms with Gasteiger partial charge in [-0.3, -0.25) is 9.69 Å². The van der Waals surface area contributed by atoms with Crippen LogP contribution in [0.5, 0.6) is 0 Å². The monoisotopic (exact) mass is 320 g/mol. The third kappa shape index (κ3) is 6.00. The number of likely N-dealkylation sites (N-methyl/N-ethyl adjacent to an activating group) is 1. The van der Waals surface area contributed by atoms with Crippen LogP contribution < -0.4 is 5.32 Å². The lowest BCUT2D eigenvalue weighted by Gasteiger charge is -2.25. The zero-order valence-electron chi connectivity index (χ0n) is 13.5. The van der Waals surface area contributed by atoms with Gasteiger partial charge < -0.3 is 15.2 Å². The van der Waals surface area contributed by atoms with Gasteiger partial charge in [-0.15, -0.1) is 0 Å². The van der Waals surface area contributed by atoms with Crippen LogP contribution in [0.25, 0.3) is 0 Å². The van der Waals surface area contributed by atoms with Gasteiger partial charge >= 0.3 is 5.97 Å². The number of hydrogen-bond donors (Lipinski definition) is 2. The molecule has 1 saturated heterocycles. The Bertz CT molecular complexity index is 541. The fraction of sp³-hybridized carbons (Fsp3) is 0.529. The van der Waals surface area contributed by atoms with E-state index >= 15 is 0 Å². The van der Waals surface area contributed by atoms with Crippen molar-refractivity contribution in [2.24, 2.45) is 0 Å². The van der Waals surface area contributed by atoms with Crippen molar-refractivity contribution in [3.8, 4) is 0 Å². The van der Waals surface area contributed by atoms with Gasteiger partial charge in [0.2, 0.25) is 5.91 Å². The molecule has 6 nitrogen and oxygen atoms in total. The van der Waals surface area contributed by atoms with Gasteiger partial charge in [0.05, 0.1) is 18.2 Å². The first-order chi connectivity index (χ1) is 11.0. The molecule has 1 aliphatic heterocycles. The fourth-order valence-electron chi connectivity index (χ4n) is 2.65. The highest BCUT2D eigenvalue weighted by Gasteiger charge is 2.15. The maximum Gasteiger partial charge on any atom is 0.335 e. The summed E-state index contributed by atoms with van der Waals surface area (Å²) in [6.45, 7) is 1.91. The molecule has 1 fully saturated rings. The largest absolute Gasteiger partial charge is 0.478 e. The summed E-state index contributed by atoms with van der Waals surface area (Å²) >= 11 is 0. The van der Waals surface area contributed by atoms with Crippen molar-refractivity contribution in [2.45, 2.75) is 31.8 Å². The van der Waals surface area contributed by atoms with Crippen LogP contribution in [0.4, 0.5) is 5.69 Å². The van der Waals surface area contributed by atoms with Gasteiger partial charge in [-0.05, 0) is 50.9 Å². The van der Waals surface area contributed by atoms with Crippen molar-refractivity contribution in [2.75, 3.05) is 32.1 Å². The number of carbonyl (C=O) groups excluding carboxylic acids is 1. The second kappa shape index (κ2) is 8.64. The second-order valence-corrected chi connectivity index (χ2v) is 5.95. The highest BCUT2D eigenvalue weighted by Crippen LogP contribution is 2.15. The molecule has 2 N–H and O–H groups in total. The van der Waals surface area contributed by atoms with Crippen molar-refractivity contribution >= 4 is 17.6 Å². The van der Waals surface area contributed by atoms with E-state index in [1.165, 1.54) is 18.6 Å². The van der Waals surface area contributed by atoms with Crippen molar-refractivity contribution in [3.05, 3.63) is 29.8 Å². The number of ether oxygens (including phenoxy) is 1. The van der Waals surface area contributed by atoms with Gasteiger partial charge in [-0.1, -0.05) is 6.07 Å². The van der Waals surface area contributed by atoms with Crippen molar-refractivity contribution < 1.29 is 19.4 Å². The number of nitrogens with zero attached hydrogens (tertiary/aromatic N) is 1. The molecule has 23 heavy (non-hydrogen) atoms. The summed E-state index contributed by atoms with van der Waals surface area (Å²) in [6.07, 6.45) is 4.70. The second-order valence-electron chi connectivity index (χ2n) is 5.95. The molecule has 1 atom stereocenters. The predicted molar refractivity (Wildman–Crippen MR) is 87.7 cm³/mol. The van der Waals surface area contributed by atoms with E-state index in [2.05, 4.69) is 5.32 Å². The minimum absolute atomic E-state index is 0.153. The van der Waals surface area contributed by atoms with Crippen LogP contribution >= 0.6 is 0 Å². The molecule has 126 valence electrons. The molecular weight excluding hydrogens is 296 g/mol. The molecule has 0 bridgehead atoms. The topological polar surface area (TPSA) is 78.9 Å². The molecule has 1 aliphatic rings. The molecule has 1 aromatic carbocycles. The highest BCUT2D eigenvalue weighted by atomic mass is 16.5. The fourth-order valence-corrected chi connectivity index (χ4v) is 2.65. The molecule has 0 aliphatic carbocycles. The molecule has 6 heteroatoms. The van der Waals surface area contributed by atoms with Gasteiger partial charge in [0.25, 0.3) is 0 Å². The van der Waals surface area contributed by atoms with Crippen LogP contribution in [0.15, 0.2) is 24.3 Å². The lowest BCUT2D eigenvalue weighted by Crippen LogP contribution is -2.33. The minimum atomic E-state index is -1.01. The molecule has 0 spiro atoms. The predicted octanol–water partition coefficient (Wildman–Crippen LogP) is 2.21. The summed E-state index contributed by atoms with van der Waals surface area (Å²) < 4.78 is 5.68. The molecule has 0 unspecified atom stereocenters. The first kappa shape index (κ1) is 17.4. The lowest BCUT2D eigenvalue weighted by molar-refractivity contribution is -0.117. The van der Waals surface area contributed by atoms with E-state index in [0.717, 1.165) is 32.4 Å². The zero-order chi connectivity index (χ0) is 16.7. The van der Waals surface area contributed by atoms with E-state index in [4.69, 9.17) is 9.84 Å². The Morgan fingerprint density at radius 3 is 2.91 bits per heavy atom. The molecule has 1 amide bonds. The highest BCUT2D eigenvalue weighted by molar-refractivity contribution is 5.94. The van der Waals surface area contributed by atoms with Crippen LogP contribution in [-0.2, 0) is 9.53 Å². The van der Waals surface area contributed by atoms with Crippen LogP contribution in [-0.4, -0.2) is 54.7 Å². The van der Waals surface area contributed by atoms with E-state index in [-0.39, 0.29) is 18.0 Å². The number of carbonyl (C=O) groups is 2. The summed E-state index contributed by atoms with van der Waals surface area (Å²) in [5, 5.41) is 11.7. The third-order valence-corrected chi connectivity index (χ3v) is 3.91. The molecule has 0 aromatic heterocycles. The Labute approximate surface area is 136 Å². The van der Waals surface area contributed by atoms with E-state index < -0.39 is 5.97 Å². The van der Waals surface area contributed by atoms with Crippen LogP contribution in [0.3, 0.4) is 0 Å². The summed E-state index contributed by atoms with van der Waals surface area (Å²) in [4.78, 5) is 24.9. The lowest BCUT2D eigenvalue weighted by atomic mass is 10.1. The normalized spacial score (nSPS) is 17.9. The van der Waals surface area contributed by atoms with Crippen molar-refractivity contribution in [3.63, 3.8) is 0 Å². The number of hydrogen-bond acceptors (Lipinski definition) is 4. The van der Waals surface area contributed by atoms with E-state index in [0.29, 0.717) is 11.8 Å². The van der Waals surface area contributed by atoms with Crippen molar-refractivity contribution in [1.29, 1.82) is 0 Å². The number of aromatic carboxylic acids is 1. The van der Waals surface area contributed by atoms with Crippen LogP contribution in [0, 0.1) is 0 Å². The number of carboxylic acids is 1. The smallest absolute Gasteiger partial charge is 0.335 e. The Balaban J connectivity index is 1.75. The summed E-state index contributed by atoms with van der Waals surface area (Å²) in [5.74, 6) is -1.16. The molecule has 1 heterocycles. The van der Waals surface area contributed by atoms with Gasteiger partial charge in [-0.2, -0.15) is 0 Å². The molecule has 0 saturated carbocycles. The molecule has 1 aromatic rings. The van der Waals surface area contributed by atoms with E-state index in [1.54, 1.807) is 12.1 Å². The zero-order valence-corrected chi connectivity index (χ0v) is 13.5. The SMILES string of the molecule is CN(CC[C@@H]1CCCCO1)CC(=O)Nc1cccc(C(=O)O)c1. The third-order valence-electron chi connectivity index (χ3n) is 3.91. The molecular formula is C17H24N2O4. The Morgan fingerprint density at radius 2 is 2.22 bits per heavy atom. The first-order valence-electron chi connectivity index (χ1n) is 7.98. The standard InChI is InChI=1S/C17H24N2O4/c1-19(9-8-15-7-2-3-10-23-15)12-16(20)18-14-6-4-5-13(11-14)17(21)22/h4-6,11,15H,2-3,7-10,12H2,1H3,(H,18,20)(H,21,22)/t15-/m0/s1. The summed E-state index contributed by atoms with van der Waals surface area (Å²) in [6, 6.07) is 6.24. The van der Waals surface area contributed by atoms with Crippen molar-refractivity contribution in [1.82, 2.24) is 4.90 Å². The average molecular weight is 320 g/mol. The Morgan fingerprint density at radius 1 is 1.39 bits per heavy atom. The Kier molecular flexibility index (Phi) is 6.55. The maximum absolute atomic E-state index is 12.0. The minimum Gasteiger partial charge on any atom is -0.478 e. The van der Waals surface area contributed by atoms with Gasteiger partial charge in [-0.25, -0.2) is 4.79 Å². The van der Waals surface area contributed by atoms with Gasteiger partial charge in [0.15, 0.2) is 0 Å². The van der Waals surface area contributed by atoms with Crippen LogP contribution in [0.2, 0.25) is 0 Å². The average Bonchev–Trinajstić information content (AvgIpc) is 2.54. The summed E-state index contributed by atoms with van der Waals surface area (Å²) in [5.41, 5.74) is 0.657. The van der Waals surface area contributed by atoms with E-state index in [1.807, 2.05) is 11.9 Å². The van der Waals surface area contributed by atoms with E-state index in [9.17, 15) is 9.59 Å². The van der Waals surface area contributed by atoms with Crippen LogP contribution in [0.1, 0.15) is 36.0 Å². The number of anilines is 1. The van der Waals surface area contributed by atoms with Gasteiger partial charge in [0.1, 0.15) is 0 Å². The maximum atomic E-state index is 12.0. The molecule has 2 rings (SSSR count).